The lowest BCUT2D eigenvalue weighted by Gasteiger charge is -2.21. The van der Waals surface area contributed by atoms with Gasteiger partial charge in [-0.2, -0.15) is 4.39 Å². The largest absolute Gasteiger partial charge is 0.487 e. The van der Waals surface area contributed by atoms with E-state index < -0.39 is 11.6 Å². The molecule has 0 N–H and O–H groups in total. The first-order valence-corrected chi connectivity index (χ1v) is 8.04. The molecule has 3 rings (SSSR count). The minimum absolute atomic E-state index is 0.0447. The molecule has 0 heterocycles. The van der Waals surface area contributed by atoms with E-state index in [0.29, 0.717) is 17.9 Å². The van der Waals surface area contributed by atoms with Crippen LogP contribution in [-0.4, -0.2) is 6.10 Å². The fourth-order valence-corrected chi connectivity index (χ4v) is 3.03. The number of rotatable bonds is 5. The fraction of sp³-hybridized carbons (Fsp3) is 0.556. The van der Waals surface area contributed by atoms with Gasteiger partial charge in [-0.05, 0) is 62.5 Å². The van der Waals surface area contributed by atoms with Crippen LogP contribution in [0.2, 0.25) is 0 Å². The molecule has 3 heteroatoms. The Labute approximate surface area is 125 Å². The summed E-state index contributed by atoms with van der Waals surface area (Å²) in [6.07, 6.45) is 12.4. The molecule has 0 bridgehead atoms. The number of halogens is 2. The normalized spacial score (nSPS) is 20.1. The predicted octanol–water partition coefficient (Wildman–Crippen LogP) is 5.19. The van der Waals surface area contributed by atoms with Crippen molar-refractivity contribution in [2.45, 2.75) is 57.5 Å². The maximum atomic E-state index is 14.1. The van der Waals surface area contributed by atoms with Crippen LogP contribution in [-0.2, 0) is 6.42 Å². The number of hydrogen-bond acceptors (Lipinski definition) is 1. The van der Waals surface area contributed by atoms with Gasteiger partial charge in [0.05, 0.1) is 6.10 Å². The third-order valence-electron chi connectivity index (χ3n) is 4.62. The zero-order chi connectivity index (χ0) is 14.7. The second kappa shape index (κ2) is 6.59. The number of allylic oxidation sites excluding steroid dienone is 2. The Morgan fingerprint density at radius 3 is 2.43 bits per heavy atom. The van der Waals surface area contributed by atoms with Crippen molar-refractivity contribution in [3.63, 3.8) is 0 Å². The molecule has 114 valence electrons. The Morgan fingerprint density at radius 1 is 1.00 bits per heavy atom. The lowest BCUT2D eigenvalue weighted by molar-refractivity contribution is 0.198. The fourth-order valence-electron chi connectivity index (χ4n) is 3.03. The van der Waals surface area contributed by atoms with Crippen LogP contribution in [0.1, 0.15) is 50.5 Å². The lowest BCUT2D eigenvalue weighted by atomic mass is 9.85. The van der Waals surface area contributed by atoms with Gasteiger partial charge in [-0.25, -0.2) is 4.39 Å². The maximum Gasteiger partial charge on any atom is 0.200 e. The van der Waals surface area contributed by atoms with Crippen LogP contribution in [0.15, 0.2) is 24.3 Å². The van der Waals surface area contributed by atoms with Crippen LogP contribution in [0.3, 0.4) is 0 Å². The van der Waals surface area contributed by atoms with Crippen LogP contribution >= 0.6 is 0 Å². The molecule has 1 aromatic carbocycles. The number of ether oxygens (including phenoxy) is 1. The molecule has 0 spiro atoms. The van der Waals surface area contributed by atoms with Crippen molar-refractivity contribution in [1.82, 2.24) is 0 Å². The first-order valence-electron chi connectivity index (χ1n) is 8.04. The van der Waals surface area contributed by atoms with Gasteiger partial charge in [0.25, 0.3) is 0 Å². The van der Waals surface area contributed by atoms with Gasteiger partial charge in [-0.15, -0.1) is 0 Å². The molecule has 21 heavy (non-hydrogen) atoms. The summed E-state index contributed by atoms with van der Waals surface area (Å²) in [5.41, 5.74) is 0.404. The Hall–Kier alpha value is -1.38. The van der Waals surface area contributed by atoms with E-state index in [9.17, 15) is 8.78 Å². The Kier molecular flexibility index (Phi) is 4.57. The van der Waals surface area contributed by atoms with Crippen molar-refractivity contribution in [1.29, 1.82) is 0 Å². The van der Waals surface area contributed by atoms with Crippen molar-refractivity contribution in [2.75, 3.05) is 0 Å². The summed E-state index contributed by atoms with van der Waals surface area (Å²) in [5, 5.41) is 0. The molecule has 0 aliphatic heterocycles. The molecule has 0 aromatic heterocycles. The minimum atomic E-state index is -0.837. The van der Waals surface area contributed by atoms with E-state index in [4.69, 9.17) is 4.74 Å². The van der Waals surface area contributed by atoms with Crippen LogP contribution < -0.4 is 4.74 Å². The van der Waals surface area contributed by atoms with Gasteiger partial charge in [0, 0.05) is 0 Å². The molecule has 2 aliphatic rings. The van der Waals surface area contributed by atoms with Gasteiger partial charge in [0.1, 0.15) is 0 Å². The summed E-state index contributed by atoms with van der Waals surface area (Å²) < 4.78 is 33.7. The molecule has 0 unspecified atom stereocenters. The summed E-state index contributed by atoms with van der Waals surface area (Å²) in [6.45, 7) is 0. The van der Waals surface area contributed by atoms with Gasteiger partial charge < -0.3 is 4.74 Å². The average molecular weight is 292 g/mol. The molecule has 2 fully saturated rings. The predicted molar refractivity (Wildman–Crippen MR) is 79.4 cm³/mol. The lowest BCUT2D eigenvalue weighted by Crippen LogP contribution is -2.12. The van der Waals surface area contributed by atoms with Crippen LogP contribution in [0.4, 0.5) is 8.78 Å². The monoisotopic (exact) mass is 292 g/mol. The van der Waals surface area contributed by atoms with Gasteiger partial charge in [0.2, 0.25) is 5.82 Å². The molecule has 2 saturated carbocycles. The molecular formula is C18H22F2O. The van der Waals surface area contributed by atoms with Crippen LogP contribution in [0.25, 0.3) is 0 Å². The van der Waals surface area contributed by atoms with Gasteiger partial charge in [0.15, 0.2) is 11.6 Å². The summed E-state index contributed by atoms with van der Waals surface area (Å²) in [5.74, 6) is -0.894. The van der Waals surface area contributed by atoms with Crippen molar-refractivity contribution >= 4 is 0 Å². The average Bonchev–Trinajstić information content (AvgIpc) is 2.93. The first kappa shape index (κ1) is 14.6. The molecular weight excluding hydrogens is 270 g/mol. The molecule has 1 aromatic rings. The zero-order valence-electron chi connectivity index (χ0n) is 12.3. The Bertz CT molecular complexity index is 514. The molecule has 0 atom stereocenters. The molecule has 0 radical (unpaired) electrons. The van der Waals surface area contributed by atoms with Crippen molar-refractivity contribution in [3.8, 4) is 5.75 Å². The second-order valence-electron chi connectivity index (χ2n) is 6.20. The highest BCUT2D eigenvalue weighted by Crippen LogP contribution is 2.30. The van der Waals surface area contributed by atoms with E-state index in [1.807, 2.05) is 6.08 Å². The van der Waals surface area contributed by atoms with E-state index in [1.54, 1.807) is 12.1 Å². The maximum absolute atomic E-state index is 14.1. The third kappa shape index (κ3) is 3.45. The summed E-state index contributed by atoms with van der Waals surface area (Å²) >= 11 is 0. The SMILES string of the molecule is Fc1c(C/C=C/C2CCC2)ccc(OC2CCCC2)c1F. The van der Waals surface area contributed by atoms with E-state index >= 15 is 0 Å². The highest BCUT2D eigenvalue weighted by molar-refractivity contribution is 5.32. The van der Waals surface area contributed by atoms with E-state index in [2.05, 4.69) is 6.08 Å². The quantitative estimate of drug-likeness (QED) is 0.679. The smallest absolute Gasteiger partial charge is 0.200 e. The highest BCUT2D eigenvalue weighted by Gasteiger charge is 2.20. The highest BCUT2D eigenvalue weighted by atomic mass is 19.2. The zero-order valence-corrected chi connectivity index (χ0v) is 12.3. The van der Waals surface area contributed by atoms with Gasteiger partial charge in [-0.3, -0.25) is 0 Å². The van der Waals surface area contributed by atoms with Gasteiger partial charge >= 0.3 is 0 Å². The minimum Gasteiger partial charge on any atom is -0.487 e. The first-order chi connectivity index (χ1) is 10.2. The summed E-state index contributed by atoms with van der Waals surface area (Å²) in [4.78, 5) is 0. The molecule has 0 saturated heterocycles. The van der Waals surface area contributed by atoms with Crippen molar-refractivity contribution in [3.05, 3.63) is 41.5 Å². The number of benzene rings is 1. The van der Waals surface area contributed by atoms with E-state index in [1.165, 1.54) is 19.3 Å². The molecule has 1 nitrogen and oxygen atoms in total. The topological polar surface area (TPSA) is 9.23 Å². The van der Waals surface area contributed by atoms with E-state index in [0.717, 1.165) is 25.7 Å². The second-order valence-corrected chi connectivity index (χ2v) is 6.20. The third-order valence-corrected chi connectivity index (χ3v) is 4.62. The Balaban J connectivity index is 1.65. The van der Waals surface area contributed by atoms with Crippen molar-refractivity contribution < 1.29 is 13.5 Å². The molecule has 0 amide bonds. The Morgan fingerprint density at radius 2 is 1.76 bits per heavy atom. The van der Waals surface area contributed by atoms with Crippen LogP contribution in [0.5, 0.6) is 5.75 Å². The standard InChI is InChI=1S/C18H22F2O/c19-17-14(8-4-7-13-5-3-6-13)11-12-16(18(17)20)21-15-9-1-2-10-15/h4,7,11-13,15H,1-3,5-6,8-10H2/b7-4+. The van der Waals surface area contributed by atoms with Gasteiger partial charge in [-0.1, -0.05) is 24.6 Å². The summed E-state index contributed by atoms with van der Waals surface area (Å²) in [6, 6.07) is 3.22. The summed E-state index contributed by atoms with van der Waals surface area (Å²) in [7, 11) is 0. The molecule has 2 aliphatic carbocycles. The number of hydrogen-bond donors (Lipinski definition) is 0. The van der Waals surface area contributed by atoms with E-state index in [-0.39, 0.29) is 11.9 Å². The van der Waals surface area contributed by atoms with Crippen molar-refractivity contribution in [2.24, 2.45) is 5.92 Å². The van der Waals surface area contributed by atoms with Crippen LogP contribution in [0, 0.1) is 17.6 Å².